The molecule has 0 saturated heterocycles. The molecular weight excluding hydrogens is 228 g/mol. The van der Waals surface area contributed by atoms with Crippen LogP contribution in [0, 0.1) is 6.92 Å². The summed E-state index contributed by atoms with van der Waals surface area (Å²) in [5.74, 6) is 1.20. The molecule has 1 heterocycles. The first-order valence-corrected chi connectivity index (χ1v) is 5.35. The predicted molar refractivity (Wildman–Crippen MR) is 62.5 cm³/mol. The molecule has 0 saturated carbocycles. The second-order valence-corrected chi connectivity index (χ2v) is 3.83. The van der Waals surface area contributed by atoms with E-state index in [-0.39, 0.29) is 0 Å². The van der Waals surface area contributed by atoms with Crippen molar-refractivity contribution >= 4 is 28.9 Å². The number of aryl methyl sites for hydroxylation is 1. The highest BCUT2D eigenvalue weighted by molar-refractivity contribution is 6.36. The fourth-order valence-corrected chi connectivity index (χ4v) is 1.91. The molecule has 0 unspecified atom stereocenters. The first kappa shape index (κ1) is 11.0. The van der Waals surface area contributed by atoms with Gasteiger partial charge in [0.15, 0.2) is 17.6 Å². The standard InChI is InChI=1S/C12H11ClO3/c1-3-15-11-8(6-14)5-10(13)9-4-7(2)16-12(9)11/h4-6H,3H2,1-2H3. The van der Waals surface area contributed by atoms with E-state index in [2.05, 4.69) is 0 Å². The van der Waals surface area contributed by atoms with E-state index in [1.54, 1.807) is 6.07 Å². The molecule has 2 rings (SSSR count). The van der Waals surface area contributed by atoms with Gasteiger partial charge in [-0.1, -0.05) is 11.6 Å². The summed E-state index contributed by atoms with van der Waals surface area (Å²) in [4.78, 5) is 10.9. The molecule has 0 aliphatic heterocycles. The molecule has 0 spiro atoms. The second-order valence-electron chi connectivity index (χ2n) is 3.43. The zero-order valence-corrected chi connectivity index (χ0v) is 9.80. The highest BCUT2D eigenvalue weighted by Crippen LogP contribution is 2.36. The summed E-state index contributed by atoms with van der Waals surface area (Å²) in [7, 11) is 0. The Labute approximate surface area is 97.9 Å². The Balaban J connectivity index is 2.80. The van der Waals surface area contributed by atoms with Crippen molar-refractivity contribution in [3.63, 3.8) is 0 Å². The molecule has 0 radical (unpaired) electrons. The van der Waals surface area contributed by atoms with Gasteiger partial charge < -0.3 is 9.15 Å². The fourth-order valence-electron chi connectivity index (χ4n) is 1.65. The number of carbonyl (C=O) groups excluding carboxylic acids is 1. The lowest BCUT2D eigenvalue weighted by Crippen LogP contribution is -1.96. The Morgan fingerprint density at radius 2 is 2.25 bits per heavy atom. The molecule has 0 aliphatic rings. The number of halogens is 1. The van der Waals surface area contributed by atoms with Crippen LogP contribution in [0.3, 0.4) is 0 Å². The first-order chi connectivity index (χ1) is 7.67. The maximum atomic E-state index is 10.9. The summed E-state index contributed by atoms with van der Waals surface area (Å²) in [5.41, 5.74) is 0.947. The van der Waals surface area contributed by atoms with E-state index < -0.39 is 0 Å². The number of carbonyl (C=O) groups is 1. The number of benzene rings is 1. The Morgan fingerprint density at radius 1 is 1.50 bits per heavy atom. The third kappa shape index (κ3) is 1.67. The first-order valence-electron chi connectivity index (χ1n) is 4.98. The highest BCUT2D eigenvalue weighted by Gasteiger charge is 2.15. The van der Waals surface area contributed by atoms with Crippen molar-refractivity contribution in [2.75, 3.05) is 6.61 Å². The molecule has 4 heteroatoms. The number of ether oxygens (including phenoxy) is 1. The van der Waals surface area contributed by atoms with Crippen molar-refractivity contribution in [2.45, 2.75) is 13.8 Å². The Hall–Kier alpha value is -1.48. The minimum atomic E-state index is 0.411. The molecule has 0 atom stereocenters. The van der Waals surface area contributed by atoms with E-state index in [1.807, 2.05) is 19.9 Å². The monoisotopic (exact) mass is 238 g/mol. The van der Waals surface area contributed by atoms with Crippen LogP contribution < -0.4 is 4.74 Å². The summed E-state index contributed by atoms with van der Waals surface area (Å²) < 4.78 is 10.9. The van der Waals surface area contributed by atoms with E-state index >= 15 is 0 Å². The van der Waals surface area contributed by atoms with Crippen molar-refractivity contribution in [1.29, 1.82) is 0 Å². The van der Waals surface area contributed by atoms with E-state index in [1.165, 1.54) is 0 Å². The molecule has 0 N–H and O–H groups in total. The SMILES string of the molecule is CCOc1c(C=O)cc(Cl)c2cc(C)oc12. The lowest BCUT2D eigenvalue weighted by Gasteiger charge is -2.07. The number of hydrogen-bond acceptors (Lipinski definition) is 3. The maximum Gasteiger partial charge on any atom is 0.178 e. The average molecular weight is 239 g/mol. The van der Waals surface area contributed by atoms with Gasteiger partial charge in [-0.05, 0) is 26.0 Å². The van der Waals surface area contributed by atoms with Crippen LogP contribution in [0.5, 0.6) is 5.75 Å². The van der Waals surface area contributed by atoms with Gasteiger partial charge in [-0.3, -0.25) is 4.79 Å². The molecule has 1 aromatic heterocycles. The van der Waals surface area contributed by atoms with Crippen molar-refractivity contribution < 1.29 is 13.9 Å². The highest BCUT2D eigenvalue weighted by atomic mass is 35.5. The lowest BCUT2D eigenvalue weighted by atomic mass is 10.1. The van der Waals surface area contributed by atoms with Gasteiger partial charge in [-0.15, -0.1) is 0 Å². The summed E-state index contributed by atoms with van der Waals surface area (Å²) in [6.45, 7) is 4.15. The molecule has 0 aliphatic carbocycles. The van der Waals surface area contributed by atoms with Crippen LogP contribution in [0.15, 0.2) is 16.5 Å². The van der Waals surface area contributed by atoms with E-state index in [9.17, 15) is 4.79 Å². The predicted octanol–water partition coefficient (Wildman–Crippen LogP) is 3.61. The average Bonchev–Trinajstić information content (AvgIpc) is 2.64. The molecule has 16 heavy (non-hydrogen) atoms. The third-order valence-corrected chi connectivity index (χ3v) is 2.59. The lowest BCUT2D eigenvalue weighted by molar-refractivity contribution is 0.112. The molecule has 1 aromatic carbocycles. The zero-order chi connectivity index (χ0) is 11.7. The zero-order valence-electron chi connectivity index (χ0n) is 9.04. The topological polar surface area (TPSA) is 39.4 Å². The van der Waals surface area contributed by atoms with Crippen LogP contribution >= 0.6 is 11.6 Å². The van der Waals surface area contributed by atoms with Crippen molar-refractivity contribution in [3.8, 4) is 5.75 Å². The second kappa shape index (κ2) is 4.18. The molecular formula is C12H11ClO3. The largest absolute Gasteiger partial charge is 0.489 e. The van der Waals surface area contributed by atoms with E-state index in [0.29, 0.717) is 34.8 Å². The van der Waals surface area contributed by atoms with Gasteiger partial charge in [0.1, 0.15) is 5.76 Å². The molecule has 0 fully saturated rings. The summed E-state index contributed by atoms with van der Waals surface area (Å²) in [5, 5.41) is 1.27. The van der Waals surface area contributed by atoms with Gasteiger partial charge in [0.2, 0.25) is 0 Å². The van der Waals surface area contributed by atoms with Crippen LogP contribution in [0.4, 0.5) is 0 Å². The van der Waals surface area contributed by atoms with E-state index in [4.69, 9.17) is 20.8 Å². The van der Waals surface area contributed by atoms with Crippen molar-refractivity contribution in [1.82, 2.24) is 0 Å². The number of aldehydes is 1. The van der Waals surface area contributed by atoms with Gasteiger partial charge in [0.05, 0.1) is 17.2 Å². The summed E-state index contributed by atoms with van der Waals surface area (Å²) >= 11 is 6.05. The summed E-state index contributed by atoms with van der Waals surface area (Å²) in [6.07, 6.45) is 0.716. The van der Waals surface area contributed by atoms with Crippen molar-refractivity contribution in [3.05, 3.63) is 28.5 Å². The Morgan fingerprint density at radius 3 is 2.88 bits per heavy atom. The fraction of sp³-hybridized carbons (Fsp3) is 0.250. The van der Waals surface area contributed by atoms with Crippen LogP contribution in [0.1, 0.15) is 23.0 Å². The summed E-state index contributed by atoms with van der Waals surface area (Å²) in [6, 6.07) is 3.42. The van der Waals surface area contributed by atoms with Crippen LogP contribution in [0.2, 0.25) is 5.02 Å². The van der Waals surface area contributed by atoms with Gasteiger partial charge in [0.25, 0.3) is 0 Å². The van der Waals surface area contributed by atoms with E-state index in [0.717, 1.165) is 11.1 Å². The third-order valence-electron chi connectivity index (χ3n) is 2.28. The van der Waals surface area contributed by atoms with Crippen LogP contribution in [0.25, 0.3) is 11.0 Å². The minimum Gasteiger partial charge on any atom is -0.489 e. The molecule has 3 nitrogen and oxygen atoms in total. The maximum absolute atomic E-state index is 10.9. The minimum absolute atomic E-state index is 0.411. The number of hydrogen-bond donors (Lipinski definition) is 0. The smallest absolute Gasteiger partial charge is 0.178 e. The molecule has 84 valence electrons. The van der Waals surface area contributed by atoms with Gasteiger partial charge >= 0.3 is 0 Å². The van der Waals surface area contributed by atoms with Crippen LogP contribution in [-0.2, 0) is 0 Å². The Bertz CT molecular complexity index is 543. The molecule has 2 aromatic rings. The quantitative estimate of drug-likeness (QED) is 0.767. The van der Waals surface area contributed by atoms with Gasteiger partial charge in [-0.25, -0.2) is 0 Å². The number of fused-ring (bicyclic) bond motifs is 1. The molecule has 0 amide bonds. The Kier molecular flexibility index (Phi) is 2.88. The van der Waals surface area contributed by atoms with Crippen molar-refractivity contribution in [2.24, 2.45) is 0 Å². The van der Waals surface area contributed by atoms with Gasteiger partial charge in [0, 0.05) is 5.39 Å². The number of rotatable bonds is 3. The normalized spacial score (nSPS) is 10.7. The van der Waals surface area contributed by atoms with Crippen LogP contribution in [-0.4, -0.2) is 12.9 Å². The van der Waals surface area contributed by atoms with Gasteiger partial charge in [-0.2, -0.15) is 0 Å². The number of furan rings is 1. The molecule has 0 bridgehead atoms.